The first-order chi connectivity index (χ1) is 8.74. The number of aryl methyl sites for hydroxylation is 1. The van der Waals surface area contributed by atoms with Gasteiger partial charge in [-0.3, -0.25) is 0 Å². The Morgan fingerprint density at radius 1 is 1.00 bits per heavy atom. The van der Waals surface area contributed by atoms with Crippen LogP contribution in [-0.4, -0.2) is 4.98 Å². The van der Waals surface area contributed by atoms with Crippen molar-refractivity contribution in [3.8, 4) is 0 Å². The standard InChI is InChI=1S/C16H15NS/c1-11(13-6-4-3-5-7-13)14-8-9-16-15(10-14)17-12(2)18-16/h3-11H,1-2H3. The highest BCUT2D eigenvalue weighted by molar-refractivity contribution is 7.18. The molecule has 0 aliphatic rings. The topological polar surface area (TPSA) is 12.9 Å². The van der Waals surface area contributed by atoms with Crippen LogP contribution in [-0.2, 0) is 0 Å². The number of hydrogen-bond donors (Lipinski definition) is 0. The summed E-state index contributed by atoms with van der Waals surface area (Å²) in [6, 6.07) is 17.2. The third-order valence-electron chi connectivity index (χ3n) is 3.32. The lowest BCUT2D eigenvalue weighted by Crippen LogP contribution is -1.95. The monoisotopic (exact) mass is 253 g/mol. The van der Waals surface area contributed by atoms with Gasteiger partial charge in [0.05, 0.1) is 15.2 Å². The Kier molecular flexibility index (Phi) is 2.88. The fourth-order valence-electron chi connectivity index (χ4n) is 2.26. The van der Waals surface area contributed by atoms with E-state index in [0.29, 0.717) is 5.92 Å². The van der Waals surface area contributed by atoms with E-state index < -0.39 is 0 Å². The highest BCUT2D eigenvalue weighted by Gasteiger charge is 2.09. The predicted molar refractivity (Wildman–Crippen MR) is 78.3 cm³/mol. The normalized spacial score (nSPS) is 12.8. The highest BCUT2D eigenvalue weighted by Crippen LogP contribution is 2.28. The molecular formula is C16H15NS. The molecule has 0 saturated carbocycles. The lowest BCUT2D eigenvalue weighted by molar-refractivity contribution is 0.924. The number of rotatable bonds is 2. The first-order valence-corrected chi connectivity index (χ1v) is 6.98. The van der Waals surface area contributed by atoms with Crippen LogP contribution >= 0.6 is 11.3 Å². The summed E-state index contributed by atoms with van der Waals surface area (Å²) >= 11 is 1.76. The van der Waals surface area contributed by atoms with Gasteiger partial charge < -0.3 is 0 Å². The predicted octanol–water partition coefficient (Wildman–Crippen LogP) is 4.76. The SMILES string of the molecule is Cc1nc2cc(C(C)c3ccccc3)ccc2s1. The van der Waals surface area contributed by atoms with Crippen molar-refractivity contribution in [3.63, 3.8) is 0 Å². The van der Waals surface area contributed by atoms with E-state index in [1.54, 1.807) is 11.3 Å². The second kappa shape index (κ2) is 4.54. The first kappa shape index (κ1) is 11.4. The maximum atomic E-state index is 4.57. The Morgan fingerprint density at radius 3 is 2.56 bits per heavy atom. The van der Waals surface area contributed by atoms with Gasteiger partial charge in [-0.1, -0.05) is 43.3 Å². The molecule has 3 aromatic rings. The Bertz CT molecular complexity index is 670. The van der Waals surface area contributed by atoms with Crippen LogP contribution in [0.2, 0.25) is 0 Å². The van der Waals surface area contributed by atoms with Gasteiger partial charge in [-0.05, 0) is 30.2 Å². The summed E-state index contributed by atoms with van der Waals surface area (Å²) in [7, 11) is 0. The lowest BCUT2D eigenvalue weighted by atomic mass is 9.93. The molecule has 2 aromatic carbocycles. The van der Waals surface area contributed by atoms with Crippen molar-refractivity contribution in [1.29, 1.82) is 0 Å². The second-order valence-electron chi connectivity index (χ2n) is 4.59. The molecule has 18 heavy (non-hydrogen) atoms. The van der Waals surface area contributed by atoms with Gasteiger partial charge in [0.15, 0.2) is 0 Å². The van der Waals surface area contributed by atoms with Crippen molar-refractivity contribution >= 4 is 21.6 Å². The maximum Gasteiger partial charge on any atom is 0.0907 e. The molecule has 1 unspecified atom stereocenters. The summed E-state index contributed by atoms with van der Waals surface area (Å²) < 4.78 is 1.27. The number of thiazole rings is 1. The molecular weight excluding hydrogens is 238 g/mol. The van der Waals surface area contributed by atoms with Gasteiger partial charge in [0, 0.05) is 5.92 Å². The minimum Gasteiger partial charge on any atom is -0.242 e. The van der Waals surface area contributed by atoms with Crippen LogP contribution < -0.4 is 0 Å². The number of benzene rings is 2. The van der Waals surface area contributed by atoms with E-state index in [-0.39, 0.29) is 0 Å². The smallest absolute Gasteiger partial charge is 0.0907 e. The van der Waals surface area contributed by atoms with E-state index in [1.807, 2.05) is 0 Å². The number of nitrogens with zero attached hydrogens (tertiary/aromatic N) is 1. The zero-order valence-corrected chi connectivity index (χ0v) is 11.4. The van der Waals surface area contributed by atoms with Crippen molar-refractivity contribution in [1.82, 2.24) is 4.98 Å². The summed E-state index contributed by atoms with van der Waals surface area (Å²) in [6.45, 7) is 4.31. The quantitative estimate of drug-likeness (QED) is 0.642. The third-order valence-corrected chi connectivity index (χ3v) is 4.27. The first-order valence-electron chi connectivity index (χ1n) is 6.16. The number of fused-ring (bicyclic) bond motifs is 1. The van der Waals surface area contributed by atoms with Gasteiger partial charge in [0.1, 0.15) is 0 Å². The number of aromatic nitrogens is 1. The zero-order chi connectivity index (χ0) is 12.5. The van der Waals surface area contributed by atoms with Crippen LogP contribution in [0, 0.1) is 6.92 Å². The van der Waals surface area contributed by atoms with Crippen molar-refractivity contribution in [3.05, 3.63) is 64.7 Å². The summed E-state index contributed by atoms with van der Waals surface area (Å²) in [6.07, 6.45) is 0. The minimum absolute atomic E-state index is 0.414. The van der Waals surface area contributed by atoms with Crippen LogP contribution in [0.3, 0.4) is 0 Å². The Balaban J connectivity index is 2.03. The van der Waals surface area contributed by atoms with E-state index in [2.05, 4.69) is 67.4 Å². The van der Waals surface area contributed by atoms with Crippen LogP contribution in [0.4, 0.5) is 0 Å². The Hall–Kier alpha value is -1.67. The van der Waals surface area contributed by atoms with Crippen molar-refractivity contribution < 1.29 is 0 Å². The molecule has 1 heterocycles. The minimum atomic E-state index is 0.414. The average molecular weight is 253 g/mol. The van der Waals surface area contributed by atoms with E-state index in [9.17, 15) is 0 Å². The third kappa shape index (κ3) is 2.04. The van der Waals surface area contributed by atoms with Crippen LogP contribution in [0.1, 0.15) is 29.0 Å². The van der Waals surface area contributed by atoms with Crippen LogP contribution in [0.25, 0.3) is 10.2 Å². The molecule has 0 spiro atoms. The van der Waals surface area contributed by atoms with E-state index >= 15 is 0 Å². The fraction of sp³-hybridized carbons (Fsp3) is 0.188. The summed E-state index contributed by atoms with van der Waals surface area (Å²) in [5, 5.41) is 1.13. The second-order valence-corrected chi connectivity index (χ2v) is 5.83. The summed E-state index contributed by atoms with van der Waals surface area (Å²) in [4.78, 5) is 4.57. The summed E-state index contributed by atoms with van der Waals surface area (Å²) in [5.74, 6) is 0.414. The maximum absolute atomic E-state index is 4.57. The van der Waals surface area contributed by atoms with Gasteiger partial charge in [-0.2, -0.15) is 0 Å². The molecule has 0 saturated heterocycles. The molecule has 0 aliphatic heterocycles. The Morgan fingerprint density at radius 2 is 1.78 bits per heavy atom. The molecule has 0 N–H and O–H groups in total. The van der Waals surface area contributed by atoms with Gasteiger partial charge in [0.2, 0.25) is 0 Å². The molecule has 1 nitrogen and oxygen atoms in total. The molecule has 0 bridgehead atoms. The Labute approximate surface area is 111 Å². The highest BCUT2D eigenvalue weighted by atomic mass is 32.1. The summed E-state index contributed by atoms with van der Waals surface area (Å²) in [5.41, 5.74) is 3.81. The molecule has 3 rings (SSSR count). The molecule has 90 valence electrons. The zero-order valence-electron chi connectivity index (χ0n) is 10.6. The molecule has 1 aromatic heterocycles. The molecule has 1 atom stereocenters. The van der Waals surface area contributed by atoms with Crippen LogP contribution in [0.15, 0.2) is 48.5 Å². The molecule has 0 amide bonds. The molecule has 0 aliphatic carbocycles. The van der Waals surface area contributed by atoms with Crippen molar-refractivity contribution in [2.75, 3.05) is 0 Å². The van der Waals surface area contributed by atoms with Gasteiger partial charge in [0.25, 0.3) is 0 Å². The molecule has 2 heteroatoms. The van der Waals surface area contributed by atoms with E-state index in [4.69, 9.17) is 0 Å². The van der Waals surface area contributed by atoms with Gasteiger partial charge in [-0.15, -0.1) is 11.3 Å². The molecule has 0 radical (unpaired) electrons. The van der Waals surface area contributed by atoms with E-state index in [1.165, 1.54) is 15.8 Å². The lowest BCUT2D eigenvalue weighted by Gasteiger charge is -2.12. The van der Waals surface area contributed by atoms with Gasteiger partial charge in [-0.25, -0.2) is 4.98 Å². The van der Waals surface area contributed by atoms with Crippen molar-refractivity contribution in [2.45, 2.75) is 19.8 Å². The fourth-order valence-corrected chi connectivity index (χ4v) is 3.07. The number of hydrogen-bond acceptors (Lipinski definition) is 2. The van der Waals surface area contributed by atoms with Gasteiger partial charge >= 0.3 is 0 Å². The average Bonchev–Trinajstić information content (AvgIpc) is 2.78. The largest absolute Gasteiger partial charge is 0.242 e. The van der Waals surface area contributed by atoms with Crippen LogP contribution in [0.5, 0.6) is 0 Å². The van der Waals surface area contributed by atoms with Crippen molar-refractivity contribution in [2.24, 2.45) is 0 Å². The van der Waals surface area contributed by atoms with E-state index in [0.717, 1.165) is 10.5 Å². The molecule has 0 fully saturated rings.